The third-order valence-electron chi connectivity index (χ3n) is 3.50. The first-order valence-electron chi connectivity index (χ1n) is 6.75. The molecule has 17 heavy (non-hydrogen) atoms. The Morgan fingerprint density at radius 1 is 1.41 bits per heavy atom. The molecule has 3 N–H and O–H groups in total. The Hall–Kier alpha value is -0.280. The van der Waals surface area contributed by atoms with Crippen LogP contribution in [-0.2, 0) is 4.79 Å². The van der Waals surface area contributed by atoms with Gasteiger partial charge in [0.1, 0.15) is 0 Å². The lowest BCUT2D eigenvalue weighted by molar-refractivity contribution is -0.122. The van der Waals surface area contributed by atoms with E-state index in [1.165, 1.54) is 25.7 Å². The molecule has 0 aromatic carbocycles. The number of hydrogen-bond acceptors (Lipinski definition) is 2. The monoisotopic (exact) mass is 262 g/mol. The fourth-order valence-corrected chi connectivity index (χ4v) is 2.46. The van der Waals surface area contributed by atoms with Gasteiger partial charge in [0.2, 0.25) is 5.91 Å². The Balaban J connectivity index is 0.00000256. The summed E-state index contributed by atoms with van der Waals surface area (Å²) in [6.45, 7) is 2.73. The van der Waals surface area contributed by atoms with Crippen LogP contribution in [0.5, 0.6) is 0 Å². The molecule has 0 bridgehead atoms. The van der Waals surface area contributed by atoms with Crippen LogP contribution >= 0.6 is 12.4 Å². The van der Waals surface area contributed by atoms with Crippen LogP contribution in [0.2, 0.25) is 0 Å². The van der Waals surface area contributed by atoms with Crippen molar-refractivity contribution >= 4 is 18.3 Å². The molecule has 1 aliphatic carbocycles. The maximum absolute atomic E-state index is 11.8. The Bertz CT molecular complexity index is 206. The first-order valence-corrected chi connectivity index (χ1v) is 6.75. The van der Waals surface area contributed by atoms with Crippen LogP contribution in [0.3, 0.4) is 0 Å². The number of halogens is 1. The van der Waals surface area contributed by atoms with Gasteiger partial charge in [-0.3, -0.25) is 4.79 Å². The summed E-state index contributed by atoms with van der Waals surface area (Å²) in [7, 11) is 0. The van der Waals surface area contributed by atoms with Crippen molar-refractivity contribution < 1.29 is 4.79 Å². The molecule has 0 spiro atoms. The second-order valence-electron chi connectivity index (χ2n) is 5.00. The highest BCUT2D eigenvalue weighted by atomic mass is 35.5. The van der Waals surface area contributed by atoms with E-state index in [1.54, 1.807) is 0 Å². The minimum Gasteiger partial charge on any atom is -0.352 e. The molecule has 0 aromatic heterocycles. The standard InChI is InChI=1S/C13H26N2O.ClH/c1-2-3-8-12(10-14)15-13(16)9-11-6-4-5-7-11;/h11-12H,2-10,14H2,1H3,(H,15,16);1H. The van der Waals surface area contributed by atoms with Crippen molar-refractivity contribution in [1.29, 1.82) is 0 Å². The average molecular weight is 263 g/mol. The summed E-state index contributed by atoms with van der Waals surface area (Å²) in [5.41, 5.74) is 5.66. The van der Waals surface area contributed by atoms with Crippen LogP contribution in [0, 0.1) is 5.92 Å². The summed E-state index contributed by atoms with van der Waals surface area (Å²) in [5, 5.41) is 3.06. The van der Waals surface area contributed by atoms with Gasteiger partial charge in [0.15, 0.2) is 0 Å². The lowest BCUT2D eigenvalue weighted by atomic mass is 10.0. The zero-order valence-electron chi connectivity index (χ0n) is 10.9. The van der Waals surface area contributed by atoms with Gasteiger partial charge in [-0.1, -0.05) is 32.6 Å². The van der Waals surface area contributed by atoms with E-state index < -0.39 is 0 Å². The molecular formula is C13H27ClN2O. The molecule has 0 saturated heterocycles. The third-order valence-corrected chi connectivity index (χ3v) is 3.50. The van der Waals surface area contributed by atoms with E-state index in [1.807, 2.05) is 0 Å². The summed E-state index contributed by atoms with van der Waals surface area (Å²) >= 11 is 0. The molecule has 1 unspecified atom stereocenters. The number of hydrogen-bond donors (Lipinski definition) is 2. The van der Waals surface area contributed by atoms with Crippen molar-refractivity contribution in [1.82, 2.24) is 5.32 Å². The molecule has 4 heteroatoms. The Labute approximate surface area is 111 Å². The molecule has 0 heterocycles. The average Bonchev–Trinajstić information content (AvgIpc) is 2.76. The highest BCUT2D eigenvalue weighted by Crippen LogP contribution is 2.27. The predicted molar refractivity (Wildman–Crippen MR) is 74.3 cm³/mol. The summed E-state index contributed by atoms with van der Waals surface area (Å²) in [4.78, 5) is 11.8. The van der Waals surface area contributed by atoms with E-state index in [0.29, 0.717) is 18.9 Å². The van der Waals surface area contributed by atoms with Crippen LogP contribution in [0.1, 0.15) is 58.3 Å². The van der Waals surface area contributed by atoms with Crippen LogP contribution < -0.4 is 11.1 Å². The van der Waals surface area contributed by atoms with Crippen molar-refractivity contribution in [3.63, 3.8) is 0 Å². The molecule has 0 radical (unpaired) electrons. The number of carbonyl (C=O) groups is 1. The van der Waals surface area contributed by atoms with Crippen molar-refractivity contribution in [2.45, 2.75) is 64.3 Å². The molecule has 1 atom stereocenters. The predicted octanol–water partition coefficient (Wildman–Crippen LogP) is 2.62. The zero-order chi connectivity index (χ0) is 11.8. The maximum Gasteiger partial charge on any atom is 0.220 e. The maximum atomic E-state index is 11.8. The van der Waals surface area contributed by atoms with E-state index >= 15 is 0 Å². The van der Waals surface area contributed by atoms with Crippen molar-refractivity contribution in [3.05, 3.63) is 0 Å². The highest BCUT2D eigenvalue weighted by molar-refractivity contribution is 5.85. The summed E-state index contributed by atoms with van der Waals surface area (Å²) in [5.74, 6) is 0.836. The lowest BCUT2D eigenvalue weighted by Gasteiger charge is -2.17. The molecule has 1 rings (SSSR count). The van der Waals surface area contributed by atoms with E-state index in [-0.39, 0.29) is 24.4 Å². The first-order chi connectivity index (χ1) is 7.76. The summed E-state index contributed by atoms with van der Waals surface area (Å²) < 4.78 is 0. The van der Waals surface area contributed by atoms with Gasteiger partial charge in [0.05, 0.1) is 0 Å². The van der Waals surface area contributed by atoms with E-state index in [2.05, 4.69) is 12.2 Å². The number of nitrogens with two attached hydrogens (primary N) is 1. The lowest BCUT2D eigenvalue weighted by Crippen LogP contribution is -2.40. The number of carbonyl (C=O) groups excluding carboxylic acids is 1. The van der Waals surface area contributed by atoms with Gasteiger partial charge in [-0.2, -0.15) is 0 Å². The second kappa shape index (κ2) is 9.72. The van der Waals surface area contributed by atoms with Crippen molar-refractivity contribution in [2.24, 2.45) is 11.7 Å². The minimum atomic E-state index is 0. The van der Waals surface area contributed by atoms with Crippen LogP contribution in [0.4, 0.5) is 0 Å². The molecular weight excluding hydrogens is 236 g/mol. The fraction of sp³-hybridized carbons (Fsp3) is 0.923. The molecule has 1 amide bonds. The van der Waals surface area contributed by atoms with Gasteiger partial charge in [-0.25, -0.2) is 0 Å². The van der Waals surface area contributed by atoms with Crippen LogP contribution in [0.15, 0.2) is 0 Å². The number of rotatable bonds is 7. The molecule has 0 aliphatic heterocycles. The third kappa shape index (κ3) is 6.89. The zero-order valence-corrected chi connectivity index (χ0v) is 11.7. The van der Waals surface area contributed by atoms with Gasteiger partial charge in [-0.15, -0.1) is 12.4 Å². The molecule has 3 nitrogen and oxygen atoms in total. The van der Waals surface area contributed by atoms with Gasteiger partial charge < -0.3 is 11.1 Å². The summed E-state index contributed by atoms with van der Waals surface area (Å²) in [6.07, 6.45) is 9.10. The van der Waals surface area contributed by atoms with Gasteiger partial charge in [0, 0.05) is 19.0 Å². The van der Waals surface area contributed by atoms with Crippen molar-refractivity contribution in [3.8, 4) is 0 Å². The van der Waals surface area contributed by atoms with Crippen LogP contribution in [0.25, 0.3) is 0 Å². The number of nitrogens with one attached hydrogen (secondary N) is 1. The van der Waals surface area contributed by atoms with Crippen LogP contribution in [-0.4, -0.2) is 18.5 Å². The molecule has 1 fully saturated rings. The Morgan fingerprint density at radius 3 is 2.59 bits per heavy atom. The van der Waals surface area contributed by atoms with Gasteiger partial charge >= 0.3 is 0 Å². The Kier molecular flexibility index (Phi) is 9.56. The fourth-order valence-electron chi connectivity index (χ4n) is 2.46. The topological polar surface area (TPSA) is 55.1 Å². The SMILES string of the molecule is CCCCC(CN)NC(=O)CC1CCCC1.Cl. The van der Waals surface area contributed by atoms with E-state index in [0.717, 1.165) is 19.3 Å². The largest absolute Gasteiger partial charge is 0.352 e. The summed E-state index contributed by atoms with van der Waals surface area (Å²) in [6, 6.07) is 0.189. The number of unbranched alkanes of at least 4 members (excludes halogenated alkanes) is 1. The second-order valence-corrected chi connectivity index (χ2v) is 5.00. The Morgan fingerprint density at radius 2 is 2.06 bits per heavy atom. The molecule has 0 aromatic rings. The quantitative estimate of drug-likeness (QED) is 0.741. The van der Waals surface area contributed by atoms with Gasteiger partial charge in [0.25, 0.3) is 0 Å². The van der Waals surface area contributed by atoms with E-state index in [4.69, 9.17) is 5.73 Å². The first kappa shape index (κ1) is 16.7. The highest BCUT2D eigenvalue weighted by Gasteiger charge is 2.19. The molecule has 1 saturated carbocycles. The number of amides is 1. The van der Waals surface area contributed by atoms with Gasteiger partial charge in [-0.05, 0) is 25.2 Å². The smallest absolute Gasteiger partial charge is 0.220 e. The molecule has 102 valence electrons. The minimum absolute atomic E-state index is 0. The molecule has 1 aliphatic rings. The van der Waals surface area contributed by atoms with Crippen molar-refractivity contribution in [2.75, 3.05) is 6.54 Å². The normalized spacial score (nSPS) is 17.5. The van der Waals surface area contributed by atoms with E-state index in [9.17, 15) is 4.79 Å².